The monoisotopic (exact) mass is 277 g/mol. The molecule has 1 N–H and O–H groups in total. The summed E-state index contributed by atoms with van der Waals surface area (Å²) in [6, 6.07) is 9.36. The van der Waals surface area contributed by atoms with E-state index in [-0.39, 0.29) is 23.0 Å². The minimum absolute atomic E-state index is 0.0820. The van der Waals surface area contributed by atoms with Crippen molar-refractivity contribution >= 4 is 11.8 Å². The number of hydrogen-bond donors (Lipinski definition) is 1. The Morgan fingerprint density at radius 1 is 1.10 bits per heavy atom. The summed E-state index contributed by atoms with van der Waals surface area (Å²) in [5.41, 5.74) is 0.785. The van der Waals surface area contributed by atoms with Gasteiger partial charge in [0, 0.05) is 5.69 Å². The molecular weight excluding hydrogens is 250 g/mol. The van der Waals surface area contributed by atoms with Crippen molar-refractivity contribution in [3.63, 3.8) is 0 Å². The van der Waals surface area contributed by atoms with Crippen molar-refractivity contribution in [1.29, 1.82) is 0 Å². The fourth-order valence-corrected chi connectivity index (χ4v) is 1.88. The van der Waals surface area contributed by atoms with Crippen LogP contribution in [-0.4, -0.2) is 12.2 Å². The Morgan fingerprint density at radius 2 is 1.65 bits per heavy atom. The number of carbonyl (C=O) groups excluding carboxylic acids is 1. The predicted octanol–water partition coefficient (Wildman–Crippen LogP) is 5.09. The highest BCUT2D eigenvalue weighted by molar-refractivity contribution is 5.84. The first-order chi connectivity index (χ1) is 9.08. The number of para-hydroxylation sites is 1. The first-order valence-corrected chi connectivity index (χ1v) is 7.11. The highest BCUT2D eigenvalue weighted by Crippen LogP contribution is 2.33. The van der Waals surface area contributed by atoms with Gasteiger partial charge in [-0.05, 0) is 29.4 Å². The largest absolute Gasteiger partial charge is 0.445 e. The zero-order valence-corrected chi connectivity index (χ0v) is 13.5. The van der Waals surface area contributed by atoms with Crippen LogP contribution in [0.1, 0.15) is 48.0 Å². The molecule has 0 aliphatic carbocycles. The molecule has 0 spiro atoms. The quantitative estimate of drug-likeness (QED) is 0.836. The molecule has 0 aromatic heterocycles. The summed E-state index contributed by atoms with van der Waals surface area (Å²) in [4.78, 5) is 12.0. The summed E-state index contributed by atoms with van der Waals surface area (Å²) in [5, 5.41) is 2.77. The second-order valence-electron chi connectivity index (χ2n) is 7.52. The van der Waals surface area contributed by atoms with Crippen LogP contribution in [0.3, 0.4) is 0 Å². The molecule has 1 atom stereocenters. The summed E-state index contributed by atoms with van der Waals surface area (Å²) in [6.07, 6.45) is 0.324. The van der Waals surface area contributed by atoms with Gasteiger partial charge in [-0.1, -0.05) is 59.7 Å². The minimum atomic E-state index is -0.389. The zero-order valence-electron chi connectivity index (χ0n) is 13.5. The Bertz CT molecular complexity index is 427. The van der Waals surface area contributed by atoms with Gasteiger partial charge in [-0.25, -0.2) is 4.79 Å². The molecule has 0 bridgehead atoms. The van der Waals surface area contributed by atoms with Crippen molar-refractivity contribution < 1.29 is 9.53 Å². The molecule has 1 amide bonds. The molecule has 1 unspecified atom stereocenters. The molecule has 112 valence electrons. The van der Waals surface area contributed by atoms with Gasteiger partial charge in [-0.2, -0.15) is 0 Å². The van der Waals surface area contributed by atoms with Gasteiger partial charge in [0.25, 0.3) is 0 Å². The molecule has 1 aromatic rings. The molecule has 3 heteroatoms. The van der Waals surface area contributed by atoms with E-state index >= 15 is 0 Å². The lowest BCUT2D eigenvalue weighted by Crippen LogP contribution is -2.36. The molecule has 0 saturated heterocycles. The van der Waals surface area contributed by atoms with Crippen LogP contribution in [-0.2, 0) is 4.74 Å². The van der Waals surface area contributed by atoms with Crippen LogP contribution in [0.2, 0.25) is 0 Å². The van der Waals surface area contributed by atoms with Gasteiger partial charge in [-0.3, -0.25) is 5.32 Å². The second-order valence-corrected chi connectivity index (χ2v) is 7.52. The lowest BCUT2D eigenvalue weighted by molar-refractivity contribution is 0.0131. The average Bonchev–Trinajstić information content (AvgIpc) is 2.26. The number of ether oxygens (including phenoxy) is 1. The van der Waals surface area contributed by atoms with Crippen LogP contribution in [0, 0.1) is 10.8 Å². The normalized spacial score (nSPS) is 13.7. The molecular formula is C17H27NO2. The van der Waals surface area contributed by atoms with Crippen molar-refractivity contribution in [2.75, 3.05) is 5.32 Å². The Labute approximate surface area is 122 Å². The van der Waals surface area contributed by atoms with Crippen molar-refractivity contribution in [3.8, 4) is 0 Å². The number of rotatable bonds is 3. The van der Waals surface area contributed by atoms with E-state index < -0.39 is 0 Å². The van der Waals surface area contributed by atoms with Gasteiger partial charge < -0.3 is 4.74 Å². The third-order valence-electron chi connectivity index (χ3n) is 3.03. The van der Waals surface area contributed by atoms with Crippen molar-refractivity contribution in [1.82, 2.24) is 0 Å². The molecule has 0 aliphatic heterocycles. The van der Waals surface area contributed by atoms with Gasteiger partial charge in [0.1, 0.15) is 6.10 Å². The molecule has 3 nitrogen and oxygen atoms in total. The first kappa shape index (κ1) is 16.5. The fraction of sp³-hybridized carbons (Fsp3) is 0.588. The maximum atomic E-state index is 12.0. The van der Waals surface area contributed by atoms with E-state index in [9.17, 15) is 4.79 Å². The summed E-state index contributed by atoms with van der Waals surface area (Å²) >= 11 is 0. The fourth-order valence-electron chi connectivity index (χ4n) is 1.88. The van der Waals surface area contributed by atoms with Crippen LogP contribution in [0.5, 0.6) is 0 Å². The molecule has 1 rings (SSSR count). The van der Waals surface area contributed by atoms with Crippen molar-refractivity contribution in [2.45, 2.75) is 54.1 Å². The molecule has 0 saturated carbocycles. The average molecular weight is 277 g/mol. The van der Waals surface area contributed by atoms with Crippen LogP contribution < -0.4 is 5.32 Å². The highest BCUT2D eigenvalue weighted by Gasteiger charge is 2.32. The van der Waals surface area contributed by atoms with E-state index in [1.54, 1.807) is 0 Å². The van der Waals surface area contributed by atoms with Crippen LogP contribution in [0.4, 0.5) is 10.5 Å². The standard InChI is InChI=1S/C17H27NO2/c1-16(2,3)12-14(17(4,5)6)20-15(19)18-13-10-8-7-9-11-13/h7-11,14H,12H2,1-6H3,(H,18,19). The van der Waals surface area contributed by atoms with Crippen LogP contribution in [0.25, 0.3) is 0 Å². The third kappa shape index (κ3) is 6.09. The van der Waals surface area contributed by atoms with Crippen molar-refractivity contribution in [2.24, 2.45) is 10.8 Å². The lowest BCUT2D eigenvalue weighted by Gasteiger charge is -2.34. The number of hydrogen-bond acceptors (Lipinski definition) is 2. The number of amides is 1. The highest BCUT2D eigenvalue weighted by atomic mass is 16.6. The van der Waals surface area contributed by atoms with E-state index in [0.717, 1.165) is 12.1 Å². The maximum Gasteiger partial charge on any atom is 0.411 e. The van der Waals surface area contributed by atoms with Gasteiger partial charge in [-0.15, -0.1) is 0 Å². The minimum Gasteiger partial charge on any atom is -0.445 e. The maximum absolute atomic E-state index is 12.0. The number of carbonyl (C=O) groups is 1. The lowest BCUT2D eigenvalue weighted by atomic mass is 9.78. The van der Waals surface area contributed by atoms with Crippen molar-refractivity contribution in [3.05, 3.63) is 30.3 Å². The van der Waals surface area contributed by atoms with Gasteiger partial charge in [0.15, 0.2) is 0 Å². The molecule has 0 fully saturated rings. The number of anilines is 1. The van der Waals surface area contributed by atoms with E-state index in [1.807, 2.05) is 30.3 Å². The molecule has 0 radical (unpaired) electrons. The van der Waals surface area contributed by atoms with E-state index in [0.29, 0.717) is 0 Å². The van der Waals surface area contributed by atoms with Crippen LogP contribution >= 0.6 is 0 Å². The van der Waals surface area contributed by atoms with Gasteiger partial charge in [0.05, 0.1) is 0 Å². The predicted molar refractivity (Wildman–Crippen MR) is 83.9 cm³/mol. The third-order valence-corrected chi connectivity index (χ3v) is 3.03. The Hall–Kier alpha value is -1.51. The Balaban J connectivity index is 2.68. The topological polar surface area (TPSA) is 38.3 Å². The van der Waals surface area contributed by atoms with Gasteiger partial charge in [0.2, 0.25) is 0 Å². The second kappa shape index (κ2) is 6.29. The summed E-state index contributed by atoms with van der Waals surface area (Å²) < 4.78 is 5.64. The summed E-state index contributed by atoms with van der Waals surface area (Å²) in [6.45, 7) is 12.8. The Kier molecular flexibility index (Phi) is 5.21. The van der Waals surface area contributed by atoms with Crippen LogP contribution in [0.15, 0.2) is 30.3 Å². The van der Waals surface area contributed by atoms with E-state index in [1.165, 1.54) is 0 Å². The number of nitrogens with one attached hydrogen (secondary N) is 1. The number of benzene rings is 1. The molecule has 1 aromatic carbocycles. The molecule has 0 heterocycles. The first-order valence-electron chi connectivity index (χ1n) is 7.11. The van der Waals surface area contributed by atoms with E-state index in [4.69, 9.17) is 4.74 Å². The SMILES string of the molecule is CC(C)(C)CC(OC(=O)Nc1ccccc1)C(C)(C)C. The molecule has 0 aliphatic rings. The smallest absolute Gasteiger partial charge is 0.411 e. The zero-order chi connectivity index (χ0) is 15.4. The summed E-state index contributed by atoms with van der Waals surface area (Å²) in [5.74, 6) is 0. The van der Waals surface area contributed by atoms with E-state index in [2.05, 4.69) is 46.9 Å². The van der Waals surface area contributed by atoms with Gasteiger partial charge >= 0.3 is 6.09 Å². The molecule has 20 heavy (non-hydrogen) atoms. The Morgan fingerprint density at radius 3 is 2.10 bits per heavy atom. The summed E-state index contributed by atoms with van der Waals surface area (Å²) in [7, 11) is 0.